The van der Waals surface area contributed by atoms with E-state index in [-0.39, 0.29) is 6.03 Å². The number of carbonyl (C=O) groups is 1. The molecule has 0 spiro atoms. The average molecular weight is 331 g/mol. The van der Waals surface area contributed by atoms with Crippen molar-refractivity contribution in [2.45, 2.75) is 38.6 Å². The summed E-state index contributed by atoms with van der Waals surface area (Å²) in [5.41, 5.74) is 1.24. The zero-order valence-electron chi connectivity index (χ0n) is 14.6. The largest absolute Gasteiger partial charge is 0.493 e. The van der Waals surface area contributed by atoms with Crippen molar-refractivity contribution in [3.05, 3.63) is 29.8 Å². The molecule has 3 rings (SSSR count). The number of hydrogen-bond acceptors (Lipinski definition) is 3. The number of nitrogens with one attached hydrogen (secondary N) is 2. The molecule has 2 aliphatic heterocycles. The van der Waals surface area contributed by atoms with E-state index in [4.69, 9.17) is 4.74 Å². The number of para-hydroxylation sites is 1. The van der Waals surface area contributed by atoms with Gasteiger partial charge < -0.3 is 20.3 Å². The minimum absolute atomic E-state index is 0.0391. The van der Waals surface area contributed by atoms with E-state index in [1.54, 1.807) is 0 Å². The van der Waals surface area contributed by atoms with E-state index < -0.39 is 0 Å². The van der Waals surface area contributed by atoms with Crippen LogP contribution in [0.2, 0.25) is 0 Å². The molecule has 24 heavy (non-hydrogen) atoms. The first-order valence-electron chi connectivity index (χ1n) is 9.22. The third-order valence-electron chi connectivity index (χ3n) is 4.97. The number of amides is 2. The summed E-state index contributed by atoms with van der Waals surface area (Å²) in [6.45, 7) is 6.90. The van der Waals surface area contributed by atoms with Crippen molar-refractivity contribution in [3.63, 3.8) is 0 Å². The molecule has 1 aromatic rings. The number of fused-ring (bicyclic) bond motifs is 1. The lowest BCUT2D eigenvalue weighted by Gasteiger charge is -2.32. The van der Waals surface area contributed by atoms with Crippen molar-refractivity contribution >= 4 is 6.03 Å². The van der Waals surface area contributed by atoms with Gasteiger partial charge in [0.1, 0.15) is 5.75 Å². The number of ether oxygens (including phenoxy) is 1. The molecule has 5 heteroatoms. The maximum atomic E-state index is 12.1. The standard InChI is InChI=1S/C19H29N3O2/c1-2-9-22-10-7-17(8-11-22)21-19(23)20-13-15-12-16-5-3-4-6-18(16)24-14-15/h3-6,15,17H,2,7-14H2,1H3,(H2,20,21,23). The van der Waals surface area contributed by atoms with Crippen LogP contribution in [-0.2, 0) is 6.42 Å². The zero-order valence-corrected chi connectivity index (χ0v) is 14.6. The second kappa shape index (κ2) is 8.38. The SMILES string of the molecule is CCCN1CCC(NC(=O)NCC2COc3ccccc3C2)CC1. The molecule has 0 aromatic heterocycles. The molecule has 1 fully saturated rings. The van der Waals surface area contributed by atoms with E-state index in [0.717, 1.165) is 38.1 Å². The minimum atomic E-state index is -0.0391. The highest BCUT2D eigenvalue weighted by Gasteiger charge is 2.22. The van der Waals surface area contributed by atoms with Gasteiger partial charge in [-0.15, -0.1) is 0 Å². The van der Waals surface area contributed by atoms with Crippen LogP contribution in [0, 0.1) is 5.92 Å². The number of hydrogen-bond donors (Lipinski definition) is 2. The molecule has 1 unspecified atom stereocenters. The van der Waals surface area contributed by atoms with Crippen LogP contribution in [0.3, 0.4) is 0 Å². The van der Waals surface area contributed by atoms with Crippen molar-refractivity contribution in [1.29, 1.82) is 0 Å². The molecular weight excluding hydrogens is 302 g/mol. The van der Waals surface area contributed by atoms with Gasteiger partial charge in [-0.2, -0.15) is 0 Å². The summed E-state index contributed by atoms with van der Waals surface area (Å²) in [4.78, 5) is 14.6. The zero-order chi connectivity index (χ0) is 16.8. The van der Waals surface area contributed by atoms with Gasteiger partial charge in [-0.05, 0) is 43.9 Å². The first-order chi connectivity index (χ1) is 11.7. The average Bonchev–Trinajstić information content (AvgIpc) is 2.62. The number of nitrogens with zero attached hydrogens (tertiary/aromatic N) is 1. The minimum Gasteiger partial charge on any atom is -0.493 e. The van der Waals surface area contributed by atoms with Gasteiger partial charge >= 0.3 is 6.03 Å². The van der Waals surface area contributed by atoms with Crippen LogP contribution in [0.15, 0.2) is 24.3 Å². The Bertz CT molecular complexity index is 541. The Labute approximate surface area is 144 Å². The van der Waals surface area contributed by atoms with Gasteiger partial charge in [-0.25, -0.2) is 4.79 Å². The molecule has 2 aliphatic rings. The molecule has 0 bridgehead atoms. The summed E-state index contributed by atoms with van der Waals surface area (Å²) in [6.07, 6.45) is 4.26. The maximum absolute atomic E-state index is 12.1. The fourth-order valence-corrected chi connectivity index (χ4v) is 3.61. The normalized spacial score (nSPS) is 21.6. The van der Waals surface area contributed by atoms with Gasteiger partial charge in [-0.3, -0.25) is 0 Å². The van der Waals surface area contributed by atoms with Gasteiger partial charge in [-0.1, -0.05) is 25.1 Å². The van der Waals surface area contributed by atoms with Crippen LogP contribution in [0.4, 0.5) is 4.79 Å². The van der Waals surface area contributed by atoms with Gasteiger partial charge in [0, 0.05) is 31.6 Å². The highest BCUT2D eigenvalue weighted by atomic mass is 16.5. The van der Waals surface area contributed by atoms with E-state index >= 15 is 0 Å². The first kappa shape index (κ1) is 17.1. The molecule has 132 valence electrons. The monoisotopic (exact) mass is 331 g/mol. The molecule has 1 atom stereocenters. The molecule has 0 aliphatic carbocycles. The fourth-order valence-electron chi connectivity index (χ4n) is 3.61. The molecule has 0 radical (unpaired) electrons. The molecule has 0 saturated carbocycles. The summed E-state index contributed by atoms with van der Waals surface area (Å²) in [6, 6.07) is 8.42. The number of likely N-dealkylation sites (tertiary alicyclic amines) is 1. The molecule has 5 nitrogen and oxygen atoms in total. The van der Waals surface area contributed by atoms with E-state index in [9.17, 15) is 4.79 Å². The molecule has 2 amide bonds. The third kappa shape index (κ3) is 4.63. The van der Waals surface area contributed by atoms with E-state index in [1.807, 2.05) is 18.2 Å². The van der Waals surface area contributed by atoms with Crippen LogP contribution >= 0.6 is 0 Å². The van der Waals surface area contributed by atoms with Crippen LogP contribution in [0.5, 0.6) is 5.75 Å². The Kier molecular flexibility index (Phi) is 5.96. The summed E-state index contributed by atoms with van der Waals surface area (Å²) < 4.78 is 5.78. The van der Waals surface area contributed by atoms with Crippen LogP contribution in [0.25, 0.3) is 0 Å². The molecule has 2 N–H and O–H groups in total. The quantitative estimate of drug-likeness (QED) is 0.871. The summed E-state index contributed by atoms with van der Waals surface area (Å²) in [7, 11) is 0. The first-order valence-corrected chi connectivity index (χ1v) is 9.22. The second-order valence-corrected chi connectivity index (χ2v) is 6.96. The summed E-state index contributed by atoms with van der Waals surface area (Å²) in [5.74, 6) is 1.33. The Morgan fingerprint density at radius 2 is 2.08 bits per heavy atom. The topological polar surface area (TPSA) is 53.6 Å². The molecule has 1 saturated heterocycles. The van der Waals surface area contributed by atoms with Gasteiger partial charge in [0.05, 0.1) is 6.61 Å². The Balaban J connectivity index is 1.36. The van der Waals surface area contributed by atoms with Crippen LogP contribution in [-0.4, -0.2) is 49.8 Å². The number of benzene rings is 1. The molecule has 1 aromatic carbocycles. The molecular formula is C19H29N3O2. The second-order valence-electron chi connectivity index (χ2n) is 6.96. The maximum Gasteiger partial charge on any atom is 0.315 e. The van der Waals surface area contributed by atoms with E-state index in [0.29, 0.717) is 25.1 Å². The number of rotatable bonds is 5. The summed E-state index contributed by atoms with van der Waals surface area (Å²) in [5, 5.41) is 6.15. The smallest absolute Gasteiger partial charge is 0.315 e. The molecule has 2 heterocycles. The number of carbonyl (C=O) groups excluding carboxylic acids is 1. The van der Waals surface area contributed by atoms with Gasteiger partial charge in [0.15, 0.2) is 0 Å². The fraction of sp³-hybridized carbons (Fsp3) is 0.632. The lowest BCUT2D eigenvalue weighted by molar-refractivity contribution is 0.188. The van der Waals surface area contributed by atoms with E-state index in [2.05, 4.69) is 28.5 Å². The van der Waals surface area contributed by atoms with E-state index in [1.165, 1.54) is 18.5 Å². The highest BCUT2D eigenvalue weighted by molar-refractivity contribution is 5.74. The van der Waals surface area contributed by atoms with Crippen molar-refractivity contribution in [3.8, 4) is 5.75 Å². The van der Waals surface area contributed by atoms with Gasteiger partial charge in [0.25, 0.3) is 0 Å². The van der Waals surface area contributed by atoms with Crippen molar-refractivity contribution in [1.82, 2.24) is 15.5 Å². The van der Waals surface area contributed by atoms with Crippen LogP contribution < -0.4 is 15.4 Å². The number of piperidine rings is 1. The Hall–Kier alpha value is -1.75. The highest BCUT2D eigenvalue weighted by Crippen LogP contribution is 2.26. The lowest BCUT2D eigenvalue weighted by Crippen LogP contribution is -2.49. The lowest BCUT2D eigenvalue weighted by atomic mass is 9.97. The third-order valence-corrected chi connectivity index (χ3v) is 4.97. The van der Waals surface area contributed by atoms with Crippen molar-refractivity contribution < 1.29 is 9.53 Å². The number of urea groups is 1. The Morgan fingerprint density at radius 3 is 2.88 bits per heavy atom. The summed E-state index contributed by atoms with van der Waals surface area (Å²) >= 11 is 0. The predicted octanol–water partition coefficient (Wildman–Crippen LogP) is 2.41. The van der Waals surface area contributed by atoms with Crippen LogP contribution in [0.1, 0.15) is 31.7 Å². The van der Waals surface area contributed by atoms with Gasteiger partial charge in [0.2, 0.25) is 0 Å². The predicted molar refractivity (Wildman–Crippen MR) is 95.4 cm³/mol. The van der Waals surface area contributed by atoms with Crippen molar-refractivity contribution in [2.24, 2.45) is 5.92 Å². The van der Waals surface area contributed by atoms with Crippen molar-refractivity contribution in [2.75, 3.05) is 32.8 Å². The Morgan fingerprint density at radius 1 is 1.29 bits per heavy atom.